The van der Waals surface area contributed by atoms with Crippen LogP contribution in [0.3, 0.4) is 0 Å². The van der Waals surface area contributed by atoms with Crippen LogP contribution in [0.2, 0.25) is 0 Å². The van der Waals surface area contributed by atoms with Crippen LogP contribution in [0.1, 0.15) is 46.1 Å². The molecule has 1 N–H and O–H groups in total. The minimum Gasteiger partial charge on any atom is -0.366 e. The first kappa shape index (κ1) is 16.0. The highest BCUT2D eigenvalue weighted by Gasteiger charge is 2.22. The minimum absolute atomic E-state index is 0.298. The van der Waals surface area contributed by atoms with E-state index in [4.69, 9.17) is 0 Å². The number of pyridine rings is 1. The van der Waals surface area contributed by atoms with Gasteiger partial charge in [-0.1, -0.05) is 39.3 Å². The number of anilines is 1. The van der Waals surface area contributed by atoms with E-state index in [1.807, 2.05) is 12.4 Å². The van der Waals surface area contributed by atoms with E-state index in [-0.39, 0.29) is 0 Å². The van der Waals surface area contributed by atoms with Gasteiger partial charge in [0.1, 0.15) is 0 Å². The Labute approximate surface area is 129 Å². The standard InChI is InChI=1S/C18H29N3/c1-5-9-19-13-15-6-10-20-14-17(15)21-11-7-16(8-12-21)18(2,3)4/h6-7,10,14,19H,5,8-9,11-13H2,1-4H3. The fourth-order valence-electron chi connectivity index (χ4n) is 2.82. The number of aromatic nitrogens is 1. The molecule has 0 bridgehead atoms. The minimum atomic E-state index is 0.298. The zero-order valence-electron chi connectivity index (χ0n) is 13.9. The monoisotopic (exact) mass is 287 g/mol. The lowest BCUT2D eigenvalue weighted by Crippen LogP contribution is -2.32. The van der Waals surface area contributed by atoms with E-state index in [0.29, 0.717) is 5.41 Å². The molecule has 0 aliphatic carbocycles. The number of hydrogen-bond donors (Lipinski definition) is 1. The van der Waals surface area contributed by atoms with Gasteiger partial charge in [0.15, 0.2) is 0 Å². The van der Waals surface area contributed by atoms with Crippen LogP contribution in [-0.4, -0.2) is 24.6 Å². The number of rotatable bonds is 5. The highest BCUT2D eigenvalue weighted by Crippen LogP contribution is 2.32. The van der Waals surface area contributed by atoms with Gasteiger partial charge in [0.2, 0.25) is 0 Å². The molecule has 0 fully saturated rings. The van der Waals surface area contributed by atoms with Crippen LogP contribution in [-0.2, 0) is 6.54 Å². The van der Waals surface area contributed by atoms with Gasteiger partial charge in [-0.05, 0) is 36.4 Å². The molecule has 0 radical (unpaired) electrons. The molecule has 1 aromatic rings. The van der Waals surface area contributed by atoms with E-state index in [0.717, 1.165) is 32.6 Å². The molecule has 1 aliphatic rings. The van der Waals surface area contributed by atoms with Crippen molar-refractivity contribution in [3.63, 3.8) is 0 Å². The molecule has 0 saturated carbocycles. The Morgan fingerprint density at radius 3 is 2.76 bits per heavy atom. The van der Waals surface area contributed by atoms with Crippen LogP contribution in [0.5, 0.6) is 0 Å². The van der Waals surface area contributed by atoms with E-state index in [2.05, 4.69) is 55.0 Å². The van der Waals surface area contributed by atoms with Crippen molar-refractivity contribution < 1.29 is 0 Å². The molecule has 2 rings (SSSR count). The maximum atomic E-state index is 4.33. The summed E-state index contributed by atoms with van der Waals surface area (Å²) >= 11 is 0. The molecule has 1 aliphatic heterocycles. The van der Waals surface area contributed by atoms with Crippen molar-refractivity contribution in [3.8, 4) is 0 Å². The average Bonchev–Trinajstić information content (AvgIpc) is 2.47. The molecule has 0 unspecified atom stereocenters. The molecular weight excluding hydrogens is 258 g/mol. The maximum Gasteiger partial charge on any atom is 0.0601 e. The van der Waals surface area contributed by atoms with Crippen molar-refractivity contribution in [1.29, 1.82) is 0 Å². The van der Waals surface area contributed by atoms with E-state index >= 15 is 0 Å². The number of nitrogens with one attached hydrogen (secondary N) is 1. The summed E-state index contributed by atoms with van der Waals surface area (Å²) in [5, 5.41) is 3.49. The Kier molecular flexibility index (Phi) is 5.40. The van der Waals surface area contributed by atoms with Crippen molar-refractivity contribution in [2.75, 3.05) is 24.5 Å². The molecule has 3 heteroatoms. The molecule has 0 atom stereocenters. The summed E-state index contributed by atoms with van der Waals surface area (Å²) in [5.41, 5.74) is 4.51. The summed E-state index contributed by atoms with van der Waals surface area (Å²) < 4.78 is 0. The van der Waals surface area contributed by atoms with Gasteiger partial charge in [-0.3, -0.25) is 4.98 Å². The summed E-state index contributed by atoms with van der Waals surface area (Å²) in [6, 6.07) is 2.14. The third kappa shape index (κ3) is 4.31. The molecule has 0 spiro atoms. The molecule has 116 valence electrons. The fraction of sp³-hybridized carbons (Fsp3) is 0.611. The molecule has 2 heterocycles. The zero-order valence-corrected chi connectivity index (χ0v) is 13.9. The van der Waals surface area contributed by atoms with Gasteiger partial charge in [-0.15, -0.1) is 0 Å². The second-order valence-electron chi connectivity index (χ2n) is 6.86. The van der Waals surface area contributed by atoms with Crippen molar-refractivity contribution in [2.45, 2.75) is 47.1 Å². The van der Waals surface area contributed by atoms with Crippen molar-refractivity contribution in [1.82, 2.24) is 10.3 Å². The summed E-state index contributed by atoms with van der Waals surface area (Å²) in [6.45, 7) is 13.2. The van der Waals surface area contributed by atoms with Crippen LogP contribution in [0.4, 0.5) is 5.69 Å². The van der Waals surface area contributed by atoms with Gasteiger partial charge in [0, 0.05) is 25.8 Å². The largest absolute Gasteiger partial charge is 0.366 e. The van der Waals surface area contributed by atoms with Crippen LogP contribution in [0.15, 0.2) is 30.1 Å². The third-order valence-corrected chi connectivity index (χ3v) is 4.14. The van der Waals surface area contributed by atoms with Gasteiger partial charge in [-0.2, -0.15) is 0 Å². The predicted molar refractivity (Wildman–Crippen MR) is 90.6 cm³/mol. The smallest absolute Gasteiger partial charge is 0.0601 e. The van der Waals surface area contributed by atoms with E-state index < -0.39 is 0 Å². The summed E-state index contributed by atoms with van der Waals surface area (Å²) in [7, 11) is 0. The first-order valence-corrected chi connectivity index (χ1v) is 8.10. The summed E-state index contributed by atoms with van der Waals surface area (Å²) in [5.74, 6) is 0. The highest BCUT2D eigenvalue weighted by molar-refractivity contribution is 5.53. The molecule has 1 aromatic heterocycles. The van der Waals surface area contributed by atoms with E-state index in [1.54, 1.807) is 5.57 Å². The zero-order chi connectivity index (χ0) is 15.3. The lowest BCUT2D eigenvalue weighted by atomic mass is 9.83. The number of hydrogen-bond acceptors (Lipinski definition) is 3. The van der Waals surface area contributed by atoms with E-state index in [1.165, 1.54) is 17.7 Å². The van der Waals surface area contributed by atoms with Gasteiger partial charge in [0.25, 0.3) is 0 Å². The fourth-order valence-corrected chi connectivity index (χ4v) is 2.82. The third-order valence-electron chi connectivity index (χ3n) is 4.14. The van der Waals surface area contributed by atoms with Crippen molar-refractivity contribution in [3.05, 3.63) is 35.7 Å². The van der Waals surface area contributed by atoms with Gasteiger partial charge >= 0.3 is 0 Å². The second kappa shape index (κ2) is 7.08. The Hall–Kier alpha value is -1.35. The summed E-state index contributed by atoms with van der Waals surface area (Å²) in [6.07, 6.45) is 8.63. The Morgan fingerprint density at radius 1 is 1.33 bits per heavy atom. The normalized spacial score (nSPS) is 16.0. The molecular formula is C18H29N3. The molecule has 0 saturated heterocycles. The Bertz CT molecular complexity index is 485. The second-order valence-corrected chi connectivity index (χ2v) is 6.86. The number of nitrogens with zero attached hydrogens (tertiary/aromatic N) is 2. The van der Waals surface area contributed by atoms with Crippen molar-refractivity contribution in [2.24, 2.45) is 5.41 Å². The summed E-state index contributed by atoms with van der Waals surface area (Å²) in [4.78, 5) is 6.78. The first-order valence-electron chi connectivity index (χ1n) is 8.10. The Morgan fingerprint density at radius 2 is 2.14 bits per heavy atom. The van der Waals surface area contributed by atoms with Crippen LogP contribution in [0.25, 0.3) is 0 Å². The lowest BCUT2D eigenvalue weighted by molar-refractivity contribution is 0.472. The highest BCUT2D eigenvalue weighted by atomic mass is 15.1. The predicted octanol–water partition coefficient (Wildman–Crippen LogP) is 3.76. The maximum absolute atomic E-state index is 4.33. The SMILES string of the molecule is CCCNCc1ccncc1N1CC=C(C(C)(C)C)CC1. The molecule has 3 nitrogen and oxygen atoms in total. The van der Waals surface area contributed by atoms with Crippen LogP contribution in [0, 0.1) is 5.41 Å². The first-order chi connectivity index (χ1) is 10.0. The quantitative estimate of drug-likeness (QED) is 0.660. The molecule has 0 aromatic carbocycles. The van der Waals surface area contributed by atoms with Gasteiger partial charge in [0.05, 0.1) is 11.9 Å². The molecule has 0 amide bonds. The lowest BCUT2D eigenvalue weighted by Gasteiger charge is -2.34. The Balaban J connectivity index is 2.08. The van der Waals surface area contributed by atoms with Gasteiger partial charge in [-0.25, -0.2) is 0 Å². The van der Waals surface area contributed by atoms with Gasteiger partial charge < -0.3 is 10.2 Å². The topological polar surface area (TPSA) is 28.2 Å². The molecule has 21 heavy (non-hydrogen) atoms. The van der Waals surface area contributed by atoms with Crippen LogP contribution >= 0.6 is 0 Å². The van der Waals surface area contributed by atoms with Crippen molar-refractivity contribution >= 4 is 5.69 Å². The van der Waals surface area contributed by atoms with Crippen LogP contribution < -0.4 is 10.2 Å². The average molecular weight is 287 g/mol. The van der Waals surface area contributed by atoms with E-state index in [9.17, 15) is 0 Å².